The molecule has 3 aliphatic rings. The summed E-state index contributed by atoms with van der Waals surface area (Å²) in [7, 11) is 0. The average molecular weight is 415 g/mol. The zero-order chi connectivity index (χ0) is 21.3. The Balaban J connectivity index is 1.59. The normalized spacial score (nSPS) is 23.5. The fourth-order valence-electron chi connectivity index (χ4n) is 4.82. The van der Waals surface area contributed by atoms with Crippen LogP contribution in [0.5, 0.6) is 5.88 Å². The minimum absolute atomic E-state index is 0.00462. The predicted molar refractivity (Wildman–Crippen MR) is 113 cm³/mol. The summed E-state index contributed by atoms with van der Waals surface area (Å²) < 4.78 is 19.2. The first-order valence-corrected chi connectivity index (χ1v) is 10.9. The molecule has 1 aromatic heterocycles. The van der Waals surface area contributed by atoms with Gasteiger partial charge < -0.3 is 15.0 Å². The van der Waals surface area contributed by atoms with E-state index in [0.29, 0.717) is 19.0 Å². The van der Waals surface area contributed by atoms with Crippen LogP contribution in [0.25, 0.3) is 0 Å². The molecule has 1 saturated heterocycles. The van der Waals surface area contributed by atoms with E-state index < -0.39 is 0 Å². The number of dihydropyridines is 1. The lowest BCUT2D eigenvalue weighted by Gasteiger charge is -2.40. The highest BCUT2D eigenvalue weighted by atomic mass is 19.1. The highest BCUT2D eigenvalue weighted by Gasteiger charge is 2.51. The number of hydrogen-bond donors (Lipinski definition) is 1. The summed E-state index contributed by atoms with van der Waals surface area (Å²) in [6, 6.07) is 3.60. The maximum atomic E-state index is 13.6. The first kappa shape index (κ1) is 20.7. The van der Waals surface area contributed by atoms with Gasteiger partial charge in [-0.05, 0) is 51.3 Å². The number of rotatable bonds is 5. The van der Waals surface area contributed by atoms with Gasteiger partial charge in [-0.15, -0.1) is 0 Å². The standard InChI is InChI=1S/C23H31FN4O2/c1-16(2)30-21-10-7-18(13-25-21)14-28-22(29)27(15-23(28)11-5-4-6-12-23)19-8-9-20(24)26-17(19)3/h7-10,13,16-17,26H,4-6,11-12,14-15H2,1-3H3. The molecule has 0 aromatic carbocycles. The smallest absolute Gasteiger partial charge is 0.325 e. The van der Waals surface area contributed by atoms with Crippen LogP contribution >= 0.6 is 0 Å². The highest BCUT2D eigenvalue weighted by molar-refractivity contribution is 5.80. The van der Waals surface area contributed by atoms with Gasteiger partial charge in [0.15, 0.2) is 5.95 Å². The van der Waals surface area contributed by atoms with Crippen molar-refractivity contribution in [2.75, 3.05) is 6.54 Å². The van der Waals surface area contributed by atoms with Gasteiger partial charge in [0.05, 0.1) is 24.2 Å². The summed E-state index contributed by atoms with van der Waals surface area (Å²) in [5, 5.41) is 2.79. The van der Waals surface area contributed by atoms with Gasteiger partial charge in [-0.3, -0.25) is 4.90 Å². The van der Waals surface area contributed by atoms with E-state index in [2.05, 4.69) is 10.3 Å². The minimum Gasteiger partial charge on any atom is -0.475 e. The second-order valence-corrected chi connectivity index (χ2v) is 8.88. The van der Waals surface area contributed by atoms with Crippen molar-refractivity contribution in [1.82, 2.24) is 20.1 Å². The van der Waals surface area contributed by atoms with Gasteiger partial charge in [-0.25, -0.2) is 9.78 Å². The van der Waals surface area contributed by atoms with Crippen LogP contribution in [0.3, 0.4) is 0 Å². The third-order valence-electron chi connectivity index (χ3n) is 6.28. The van der Waals surface area contributed by atoms with E-state index >= 15 is 0 Å². The van der Waals surface area contributed by atoms with Crippen LogP contribution in [-0.2, 0) is 6.54 Å². The number of ether oxygens (including phenoxy) is 1. The third-order valence-corrected chi connectivity index (χ3v) is 6.28. The molecule has 1 N–H and O–H groups in total. The van der Waals surface area contributed by atoms with Crippen molar-refractivity contribution in [1.29, 1.82) is 0 Å². The first-order valence-electron chi connectivity index (χ1n) is 10.9. The van der Waals surface area contributed by atoms with Crippen LogP contribution in [0.4, 0.5) is 9.18 Å². The van der Waals surface area contributed by atoms with Gasteiger partial charge in [0, 0.05) is 24.5 Å². The molecule has 0 bridgehead atoms. The summed E-state index contributed by atoms with van der Waals surface area (Å²) in [6.07, 6.45) is 10.4. The number of nitrogens with zero attached hydrogens (tertiary/aromatic N) is 3. The Morgan fingerprint density at radius 2 is 2.03 bits per heavy atom. The second kappa shape index (κ2) is 8.28. The number of urea groups is 1. The predicted octanol–water partition coefficient (Wildman–Crippen LogP) is 4.50. The van der Waals surface area contributed by atoms with Crippen LogP contribution in [0.2, 0.25) is 0 Å². The maximum Gasteiger partial charge on any atom is 0.325 e. The number of hydrogen-bond acceptors (Lipinski definition) is 4. The molecule has 1 aliphatic carbocycles. The van der Waals surface area contributed by atoms with Crippen molar-refractivity contribution in [3.63, 3.8) is 0 Å². The molecule has 2 fully saturated rings. The molecule has 1 saturated carbocycles. The lowest BCUT2D eigenvalue weighted by atomic mass is 9.81. The average Bonchev–Trinajstić information content (AvgIpc) is 2.95. The molecule has 162 valence electrons. The zero-order valence-electron chi connectivity index (χ0n) is 18.0. The molecule has 2 amide bonds. The van der Waals surface area contributed by atoms with E-state index in [1.165, 1.54) is 12.5 Å². The Morgan fingerprint density at radius 3 is 2.67 bits per heavy atom. The Kier molecular flexibility index (Phi) is 5.71. The van der Waals surface area contributed by atoms with Gasteiger partial charge in [0.25, 0.3) is 0 Å². The summed E-state index contributed by atoms with van der Waals surface area (Å²) in [5.41, 5.74) is 1.64. The molecule has 7 heteroatoms. The van der Waals surface area contributed by atoms with Crippen molar-refractivity contribution >= 4 is 6.03 Å². The largest absolute Gasteiger partial charge is 0.475 e. The van der Waals surface area contributed by atoms with E-state index in [4.69, 9.17) is 4.74 Å². The van der Waals surface area contributed by atoms with Crippen molar-refractivity contribution < 1.29 is 13.9 Å². The van der Waals surface area contributed by atoms with E-state index in [1.54, 1.807) is 12.3 Å². The Morgan fingerprint density at radius 1 is 1.27 bits per heavy atom. The molecule has 0 radical (unpaired) electrons. The number of halogens is 1. The molecular formula is C23H31FN4O2. The number of carbonyl (C=O) groups is 1. The Labute approximate surface area is 177 Å². The lowest BCUT2D eigenvalue weighted by Crippen LogP contribution is -2.48. The first-order chi connectivity index (χ1) is 14.4. The number of carbonyl (C=O) groups excluding carboxylic acids is 1. The summed E-state index contributed by atoms with van der Waals surface area (Å²) in [5.74, 6) is 0.230. The maximum absolute atomic E-state index is 13.6. The van der Waals surface area contributed by atoms with Gasteiger partial charge in [-0.2, -0.15) is 4.39 Å². The molecule has 6 nitrogen and oxygen atoms in total. The van der Waals surface area contributed by atoms with Crippen molar-refractivity contribution in [3.8, 4) is 5.88 Å². The monoisotopic (exact) mass is 414 g/mol. The molecule has 30 heavy (non-hydrogen) atoms. The Hall–Kier alpha value is -2.57. The van der Waals surface area contributed by atoms with Gasteiger partial charge in [0.1, 0.15) is 0 Å². The number of aromatic nitrogens is 1. The quantitative estimate of drug-likeness (QED) is 0.721. The van der Waals surface area contributed by atoms with E-state index in [9.17, 15) is 9.18 Å². The molecule has 1 aromatic rings. The number of pyridine rings is 1. The summed E-state index contributed by atoms with van der Waals surface area (Å²) in [4.78, 5) is 21.8. The van der Waals surface area contributed by atoms with Crippen LogP contribution < -0.4 is 10.1 Å². The molecule has 3 heterocycles. The van der Waals surface area contributed by atoms with Crippen molar-refractivity contribution in [3.05, 3.63) is 47.7 Å². The van der Waals surface area contributed by atoms with Gasteiger partial charge in [-0.1, -0.05) is 25.3 Å². The fourth-order valence-corrected chi connectivity index (χ4v) is 4.82. The number of nitrogens with one attached hydrogen (secondary N) is 1. The topological polar surface area (TPSA) is 57.7 Å². The minimum atomic E-state index is -0.364. The van der Waals surface area contributed by atoms with E-state index in [-0.39, 0.29) is 29.7 Å². The van der Waals surface area contributed by atoms with Crippen LogP contribution in [0, 0.1) is 0 Å². The van der Waals surface area contributed by atoms with Crippen molar-refractivity contribution in [2.24, 2.45) is 0 Å². The molecule has 1 spiro atoms. The highest BCUT2D eigenvalue weighted by Crippen LogP contribution is 2.42. The third kappa shape index (κ3) is 4.02. The van der Waals surface area contributed by atoms with Crippen LogP contribution in [0.1, 0.15) is 58.4 Å². The van der Waals surface area contributed by atoms with E-state index in [1.807, 2.05) is 42.7 Å². The van der Waals surface area contributed by atoms with E-state index in [0.717, 1.165) is 36.9 Å². The van der Waals surface area contributed by atoms with Gasteiger partial charge >= 0.3 is 6.03 Å². The number of allylic oxidation sites excluding steroid dienone is 2. The fraction of sp³-hybridized carbons (Fsp3) is 0.565. The second-order valence-electron chi connectivity index (χ2n) is 8.88. The van der Waals surface area contributed by atoms with Crippen LogP contribution in [0.15, 0.2) is 42.1 Å². The summed E-state index contributed by atoms with van der Waals surface area (Å²) in [6.45, 7) is 7.00. The molecular weight excluding hydrogens is 383 g/mol. The Bertz CT molecular complexity index is 843. The van der Waals surface area contributed by atoms with Crippen molar-refractivity contribution in [2.45, 2.75) is 77.1 Å². The molecule has 2 aliphatic heterocycles. The summed E-state index contributed by atoms with van der Waals surface area (Å²) >= 11 is 0. The SMILES string of the molecule is CC(C)Oc1ccc(CN2C(=O)N(C3=CC=C(F)NC3C)CC23CCCCC3)cn1. The number of amides is 2. The molecule has 1 unspecified atom stereocenters. The van der Waals surface area contributed by atoms with Gasteiger partial charge in [0.2, 0.25) is 5.88 Å². The lowest BCUT2D eigenvalue weighted by molar-refractivity contribution is 0.113. The zero-order valence-corrected chi connectivity index (χ0v) is 18.0. The molecule has 4 rings (SSSR count). The molecule has 1 atom stereocenters. The van der Waals surface area contributed by atoms with Crippen LogP contribution in [-0.4, -0.2) is 45.0 Å².